The average Bonchev–Trinajstić information content (AvgIpc) is 2.46. The minimum Gasteiger partial charge on any atom is -0.464 e. The van der Waals surface area contributed by atoms with Crippen molar-refractivity contribution in [2.75, 3.05) is 13.7 Å². The molecule has 4 nitrogen and oxygen atoms in total. The Bertz CT molecular complexity index is 582. The molecule has 0 aliphatic heterocycles. The highest BCUT2D eigenvalue weighted by Gasteiger charge is 2.37. The molecule has 0 N–H and O–H groups in total. The van der Waals surface area contributed by atoms with E-state index in [0.29, 0.717) is 0 Å². The summed E-state index contributed by atoms with van der Waals surface area (Å²) in [4.78, 5) is 25.3. The molecule has 0 bridgehead atoms. The minimum absolute atomic E-state index is 0.178. The highest BCUT2D eigenvalue weighted by atomic mass is 19.4. The summed E-state index contributed by atoms with van der Waals surface area (Å²) in [5.41, 5.74) is -1.78. The average molecular weight is 331 g/mol. The van der Waals surface area contributed by atoms with Crippen molar-refractivity contribution in [2.45, 2.75) is 38.9 Å². The topological polar surface area (TPSA) is 46.6 Å². The zero-order valence-corrected chi connectivity index (χ0v) is 13.5. The first-order valence-corrected chi connectivity index (χ1v) is 7.10. The van der Waals surface area contributed by atoms with E-state index >= 15 is 0 Å². The monoisotopic (exact) mass is 331 g/mol. The van der Waals surface area contributed by atoms with Crippen LogP contribution < -0.4 is 0 Å². The van der Waals surface area contributed by atoms with Gasteiger partial charge in [-0.05, 0) is 32.4 Å². The van der Waals surface area contributed by atoms with Gasteiger partial charge in [0.1, 0.15) is 5.54 Å². The molecule has 0 aliphatic rings. The number of hydrogen-bond acceptors (Lipinski definition) is 3. The molecule has 1 aromatic rings. The molecule has 0 atom stereocenters. The van der Waals surface area contributed by atoms with Gasteiger partial charge in [0.05, 0.1) is 18.6 Å². The van der Waals surface area contributed by atoms with Crippen LogP contribution in [0.3, 0.4) is 0 Å². The van der Waals surface area contributed by atoms with Crippen LogP contribution in [-0.4, -0.2) is 36.0 Å². The van der Waals surface area contributed by atoms with Crippen LogP contribution in [0.4, 0.5) is 13.2 Å². The molecule has 23 heavy (non-hydrogen) atoms. The zero-order chi connectivity index (χ0) is 17.8. The molecule has 0 fully saturated rings. The Morgan fingerprint density at radius 1 is 1.22 bits per heavy atom. The number of halogens is 3. The molecule has 0 saturated carbocycles. The highest BCUT2D eigenvalue weighted by Crippen LogP contribution is 2.29. The number of rotatable bonds is 5. The minimum atomic E-state index is -4.46. The Hall–Kier alpha value is -2.05. The van der Waals surface area contributed by atoms with E-state index in [2.05, 4.69) is 0 Å². The van der Waals surface area contributed by atoms with Gasteiger partial charge in [0.15, 0.2) is 0 Å². The maximum absolute atomic E-state index is 12.7. The van der Waals surface area contributed by atoms with Crippen molar-refractivity contribution < 1.29 is 27.5 Å². The Kier molecular flexibility index (Phi) is 5.80. The van der Waals surface area contributed by atoms with Crippen molar-refractivity contribution in [3.63, 3.8) is 0 Å². The van der Waals surface area contributed by atoms with Gasteiger partial charge >= 0.3 is 12.1 Å². The molecule has 0 radical (unpaired) electrons. The van der Waals surface area contributed by atoms with Crippen LogP contribution in [-0.2, 0) is 26.9 Å². The van der Waals surface area contributed by atoms with E-state index in [9.17, 15) is 22.8 Å². The second-order valence-electron chi connectivity index (χ2n) is 5.61. The van der Waals surface area contributed by atoms with E-state index in [-0.39, 0.29) is 18.6 Å². The van der Waals surface area contributed by atoms with Crippen LogP contribution in [0.2, 0.25) is 0 Å². The lowest BCUT2D eigenvalue weighted by atomic mass is 10.0. The number of hydrogen-bond donors (Lipinski definition) is 0. The molecule has 7 heteroatoms. The largest absolute Gasteiger partial charge is 0.464 e. The number of benzene rings is 1. The van der Waals surface area contributed by atoms with Gasteiger partial charge in [0, 0.05) is 7.05 Å². The van der Waals surface area contributed by atoms with Gasteiger partial charge in [-0.1, -0.05) is 18.2 Å². The second kappa shape index (κ2) is 7.02. The van der Waals surface area contributed by atoms with Gasteiger partial charge < -0.3 is 9.64 Å². The van der Waals surface area contributed by atoms with Crippen molar-refractivity contribution >= 4 is 11.9 Å². The summed E-state index contributed by atoms with van der Waals surface area (Å²) in [6.45, 7) is 4.88. The first-order chi connectivity index (χ1) is 10.5. The summed E-state index contributed by atoms with van der Waals surface area (Å²) in [5, 5.41) is 0. The number of nitrogens with zero attached hydrogens (tertiary/aromatic N) is 1. The summed E-state index contributed by atoms with van der Waals surface area (Å²) in [6.07, 6.45) is -4.70. The van der Waals surface area contributed by atoms with Gasteiger partial charge in [-0.25, -0.2) is 4.79 Å². The van der Waals surface area contributed by atoms with E-state index in [4.69, 9.17) is 4.74 Å². The van der Waals surface area contributed by atoms with Crippen LogP contribution in [0.25, 0.3) is 0 Å². The quantitative estimate of drug-likeness (QED) is 0.779. The molecule has 0 saturated heterocycles. The maximum atomic E-state index is 12.7. The molecule has 1 rings (SSSR count). The molecule has 0 unspecified atom stereocenters. The van der Waals surface area contributed by atoms with E-state index in [1.807, 2.05) is 0 Å². The summed E-state index contributed by atoms with van der Waals surface area (Å²) in [7, 11) is 1.42. The van der Waals surface area contributed by atoms with Crippen molar-refractivity contribution in [1.82, 2.24) is 4.90 Å². The van der Waals surface area contributed by atoms with Crippen LogP contribution in [0.5, 0.6) is 0 Å². The van der Waals surface area contributed by atoms with Gasteiger partial charge in [-0.3, -0.25) is 4.79 Å². The standard InChI is InChI=1S/C16H20F3NO3/c1-5-23-14(22)15(2,3)20(4)13(21)10-11-7-6-8-12(9-11)16(17,18)19/h6-9H,5,10H2,1-4H3. The normalized spacial score (nSPS) is 12.0. The van der Waals surface area contributed by atoms with E-state index in [1.165, 1.54) is 37.9 Å². The Labute approximate surface area is 133 Å². The predicted octanol–water partition coefficient (Wildman–Crippen LogP) is 3.05. The van der Waals surface area contributed by atoms with Crippen molar-refractivity contribution in [3.8, 4) is 0 Å². The summed E-state index contributed by atoms with van der Waals surface area (Å²) in [5.74, 6) is -1.04. The fraction of sp³-hybridized carbons (Fsp3) is 0.500. The summed E-state index contributed by atoms with van der Waals surface area (Å²) < 4.78 is 43.0. The first-order valence-electron chi connectivity index (χ1n) is 7.10. The zero-order valence-electron chi connectivity index (χ0n) is 13.5. The van der Waals surface area contributed by atoms with E-state index in [0.717, 1.165) is 12.1 Å². The molecule has 0 spiro atoms. The first kappa shape index (κ1) is 19.0. The van der Waals surface area contributed by atoms with Gasteiger partial charge in [-0.2, -0.15) is 13.2 Å². The van der Waals surface area contributed by atoms with Gasteiger partial charge in [0.2, 0.25) is 5.91 Å². The number of amides is 1. The number of esters is 1. The van der Waals surface area contributed by atoms with E-state index in [1.54, 1.807) is 6.92 Å². The summed E-state index contributed by atoms with van der Waals surface area (Å²) in [6, 6.07) is 4.57. The number of carbonyl (C=O) groups is 2. The molecule has 0 aliphatic carbocycles. The molecule has 1 amide bonds. The number of ether oxygens (including phenoxy) is 1. The predicted molar refractivity (Wildman–Crippen MR) is 78.6 cm³/mol. The third-order valence-corrected chi connectivity index (χ3v) is 3.60. The Morgan fingerprint density at radius 3 is 2.35 bits per heavy atom. The van der Waals surface area contributed by atoms with E-state index < -0.39 is 29.2 Å². The highest BCUT2D eigenvalue weighted by molar-refractivity contribution is 5.88. The number of likely N-dealkylation sites (N-methyl/N-ethyl adjacent to an activating group) is 1. The molecule has 0 aromatic heterocycles. The smallest absolute Gasteiger partial charge is 0.416 e. The van der Waals surface area contributed by atoms with Crippen LogP contribution >= 0.6 is 0 Å². The lowest BCUT2D eigenvalue weighted by molar-refractivity contribution is -0.160. The van der Waals surface area contributed by atoms with Crippen molar-refractivity contribution in [1.29, 1.82) is 0 Å². The number of carbonyl (C=O) groups excluding carboxylic acids is 2. The lowest BCUT2D eigenvalue weighted by Crippen LogP contribution is -2.52. The third kappa shape index (κ3) is 4.71. The maximum Gasteiger partial charge on any atom is 0.416 e. The molecular weight excluding hydrogens is 311 g/mol. The fourth-order valence-corrected chi connectivity index (χ4v) is 1.91. The summed E-state index contributed by atoms with van der Waals surface area (Å²) >= 11 is 0. The van der Waals surface area contributed by atoms with Crippen molar-refractivity contribution in [2.24, 2.45) is 0 Å². The van der Waals surface area contributed by atoms with Gasteiger partial charge in [-0.15, -0.1) is 0 Å². The Balaban J connectivity index is 2.89. The fourth-order valence-electron chi connectivity index (χ4n) is 1.91. The molecule has 1 aromatic carbocycles. The van der Waals surface area contributed by atoms with Crippen molar-refractivity contribution in [3.05, 3.63) is 35.4 Å². The number of alkyl halides is 3. The SMILES string of the molecule is CCOC(=O)C(C)(C)N(C)C(=O)Cc1cccc(C(F)(F)F)c1. The molecular formula is C16H20F3NO3. The molecule has 128 valence electrons. The van der Waals surface area contributed by atoms with Crippen LogP contribution in [0.1, 0.15) is 31.9 Å². The second-order valence-corrected chi connectivity index (χ2v) is 5.61. The van der Waals surface area contributed by atoms with Crippen LogP contribution in [0, 0.1) is 0 Å². The third-order valence-electron chi connectivity index (χ3n) is 3.60. The Morgan fingerprint density at radius 2 is 1.83 bits per heavy atom. The van der Waals surface area contributed by atoms with Gasteiger partial charge in [0.25, 0.3) is 0 Å². The molecule has 0 heterocycles. The lowest BCUT2D eigenvalue weighted by Gasteiger charge is -2.33. The van der Waals surface area contributed by atoms with Crippen LogP contribution in [0.15, 0.2) is 24.3 Å².